The van der Waals surface area contributed by atoms with Gasteiger partial charge in [-0.3, -0.25) is 14.5 Å². The normalized spacial score (nSPS) is 31.3. The van der Waals surface area contributed by atoms with E-state index >= 15 is 0 Å². The van der Waals surface area contributed by atoms with Gasteiger partial charge in [0, 0.05) is 12.1 Å². The smallest absolute Gasteiger partial charge is 0.371 e. The predicted molar refractivity (Wildman–Crippen MR) is 84.0 cm³/mol. The quantitative estimate of drug-likeness (QED) is 0.451. The average molecular weight is 349 g/mol. The number of carbonyl (C=O) groups is 3. The number of rotatable bonds is 4. The third-order valence-corrected chi connectivity index (χ3v) is 5.28. The predicted octanol–water partition coefficient (Wildman–Crippen LogP) is -1.46. The van der Waals surface area contributed by atoms with Gasteiger partial charge in [-0.05, 0) is 31.2 Å². The zero-order chi connectivity index (χ0) is 18.4. The highest BCUT2D eigenvalue weighted by atomic mass is 16.5. The lowest BCUT2D eigenvalue weighted by molar-refractivity contribution is -0.735. The maximum atomic E-state index is 12.8. The number of aliphatic hydroxyl groups is 1. The summed E-state index contributed by atoms with van der Waals surface area (Å²) in [6.45, 7) is 1.27. The Hall–Kier alpha value is -2.45. The summed E-state index contributed by atoms with van der Waals surface area (Å²) < 4.78 is 4.84. The van der Waals surface area contributed by atoms with Gasteiger partial charge in [-0.1, -0.05) is 0 Å². The first kappa shape index (κ1) is 17.4. The number of phenolic OH excluding ortho intramolecular Hbond substituents is 1. The van der Waals surface area contributed by atoms with Crippen LogP contribution in [0.5, 0.6) is 5.75 Å². The summed E-state index contributed by atoms with van der Waals surface area (Å²) in [7, 11) is 1.19. The summed E-state index contributed by atoms with van der Waals surface area (Å²) in [6.07, 6.45) is 0. The van der Waals surface area contributed by atoms with Crippen molar-refractivity contribution in [3.8, 4) is 5.75 Å². The summed E-state index contributed by atoms with van der Waals surface area (Å²) in [4.78, 5) is 39.2. The number of likely N-dealkylation sites (tertiary alicyclic amines) is 1. The van der Waals surface area contributed by atoms with Crippen LogP contribution in [-0.4, -0.2) is 58.7 Å². The molecule has 2 aliphatic heterocycles. The third-order valence-electron chi connectivity index (χ3n) is 5.28. The lowest BCUT2D eigenvalue weighted by atomic mass is 9.79. The number of esters is 1. The molecule has 2 fully saturated rings. The zero-order valence-electron chi connectivity index (χ0n) is 14.0. The second-order valence-corrected chi connectivity index (χ2v) is 6.40. The van der Waals surface area contributed by atoms with E-state index in [1.807, 2.05) is 0 Å². The number of phenols is 1. The lowest BCUT2D eigenvalue weighted by Gasteiger charge is -2.27. The number of benzene rings is 1. The highest BCUT2D eigenvalue weighted by Gasteiger charge is 2.72. The van der Waals surface area contributed by atoms with Gasteiger partial charge in [0.1, 0.15) is 30.2 Å². The fraction of sp³-hybridized carbons (Fsp3) is 0.471. The SMILES string of the molecule is CCN1C(=O)[C@H]2[C@@H](c3ccc(O)cc3)[NH2+][C@@](CO)(C(=O)OC)[C@@H]2C1=O. The molecule has 134 valence electrons. The zero-order valence-corrected chi connectivity index (χ0v) is 14.0. The Kier molecular flexibility index (Phi) is 4.26. The van der Waals surface area contributed by atoms with E-state index in [2.05, 4.69) is 0 Å². The average Bonchev–Trinajstić information content (AvgIpc) is 3.10. The molecule has 0 bridgehead atoms. The number of hydrogen-bond acceptors (Lipinski definition) is 6. The molecule has 0 aromatic heterocycles. The van der Waals surface area contributed by atoms with Crippen molar-refractivity contribution in [2.75, 3.05) is 20.3 Å². The number of fused-ring (bicyclic) bond motifs is 1. The van der Waals surface area contributed by atoms with Gasteiger partial charge >= 0.3 is 5.97 Å². The standard InChI is InChI=1S/C17H20N2O6/c1-3-19-14(22)11-12(15(19)23)17(8-20,16(24)25-2)18-13(11)9-4-6-10(21)7-5-9/h4-7,11-13,18,20-21H,3,8H2,1-2H3/p+1/t11-,12+,13-,17-/m1/s1. The number of aromatic hydroxyl groups is 1. The Morgan fingerprint density at radius 1 is 1.28 bits per heavy atom. The van der Waals surface area contributed by atoms with Gasteiger partial charge in [0.2, 0.25) is 17.4 Å². The van der Waals surface area contributed by atoms with Crippen molar-refractivity contribution in [3.63, 3.8) is 0 Å². The van der Waals surface area contributed by atoms with Gasteiger partial charge in [-0.2, -0.15) is 0 Å². The van der Waals surface area contributed by atoms with Gasteiger partial charge in [0.15, 0.2) is 0 Å². The molecule has 0 saturated carbocycles. The largest absolute Gasteiger partial charge is 0.508 e. The highest BCUT2D eigenvalue weighted by molar-refractivity contribution is 6.08. The van der Waals surface area contributed by atoms with Crippen molar-refractivity contribution in [3.05, 3.63) is 29.8 Å². The van der Waals surface area contributed by atoms with Gasteiger partial charge in [-0.25, -0.2) is 4.79 Å². The molecule has 8 nitrogen and oxygen atoms in total. The van der Waals surface area contributed by atoms with Crippen molar-refractivity contribution >= 4 is 17.8 Å². The van der Waals surface area contributed by atoms with E-state index in [0.29, 0.717) is 5.56 Å². The van der Waals surface area contributed by atoms with Crippen molar-refractivity contribution in [2.45, 2.75) is 18.5 Å². The number of nitrogens with two attached hydrogens (primary N) is 1. The van der Waals surface area contributed by atoms with Crippen LogP contribution in [0.15, 0.2) is 24.3 Å². The lowest BCUT2D eigenvalue weighted by Crippen LogP contribution is -2.99. The van der Waals surface area contributed by atoms with Crippen molar-refractivity contribution in [1.29, 1.82) is 0 Å². The van der Waals surface area contributed by atoms with E-state index in [1.165, 1.54) is 19.2 Å². The fourth-order valence-corrected chi connectivity index (χ4v) is 4.09. The molecular formula is C17H21N2O6+. The van der Waals surface area contributed by atoms with E-state index < -0.39 is 41.9 Å². The Balaban J connectivity index is 2.13. The van der Waals surface area contributed by atoms with Crippen LogP contribution in [0, 0.1) is 11.8 Å². The van der Waals surface area contributed by atoms with Gasteiger partial charge in [-0.15, -0.1) is 0 Å². The summed E-state index contributed by atoms with van der Waals surface area (Å²) >= 11 is 0. The van der Waals surface area contributed by atoms with E-state index in [4.69, 9.17) is 4.74 Å². The number of carbonyl (C=O) groups excluding carboxylic acids is 3. The van der Waals surface area contributed by atoms with Gasteiger partial charge in [0.05, 0.1) is 7.11 Å². The first-order valence-electron chi connectivity index (χ1n) is 8.10. The number of quaternary nitrogens is 1. The Labute approximate surface area is 144 Å². The number of hydrogen-bond donors (Lipinski definition) is 3. The first-order chi connectivity index (χ1) is 11.9. The minimum absolute atomic E-state index is 0.0729. The number of aliphatic hydroxyl groups excluding tert-OH is 1. The van der Waals surface area contributed by atoms with Crippen LogP contribution in [0.4, 0.5) is 0 Å². The van der Waals surface area contributed by atoms with Gasteiger partial charge < -0.3 is 20.3 Å². The maximum Gasteiger partial charge on any atom is 0.371 e. The number of ether oxygens (including phenoxy) is 1. The summed E-state index contributed by atoms with van der Waals surface area (Å²) in [6, 6.07) is 5.71. The molecular weight excluding hydrogens is 328 g/mol. The molecule has 2 heterocycles. The highest BCUT2D eigenvalue weighted by Crippen LogP contribution is 2.44. The minimum Gasteiger partial charge on any atom is -0.508 e. The molecule has 0 unspecified atom stereocenters. The van der Waals surface area contributed by atoms with E-state index in [0.717, 1.165) is 4.90 Å². The van der Waals surface area contributed by atoms with E-state index in [1.54, 1.807) is 24.4 Å². The number of methoxy groups -OCH3 is 1. The van der Waals surface area contributed by atoms with Gasteiger partial charge in [0.25, 0.3) is 0 Å². The maximum absolute atomic E-state index is 12.8. The molecule has 4 atom stereocenters. The molecule has 3 rings (SSSR count). The molecule has 0 aliphatic carbocycles. The second kappa shape index (κ2) is 6.12. The molecule has 8 heteroatoms. The molecule has 4 N–H and O–H groups in total. The molecule has 25 heavy (non-hydrogen) atoms. The fourth-order valence-electron chi connectivity index (χ4n) is 4.09. The third kappa shape index (κ3) is 2.32. The summed E-state index contributed by atoms with van der Waals surface area (Å²) in [5.41, 5.74) is -0.871. The molecule has 2 aliphatic rings. The van der Waals surface area contributed by atoms with Crippen LogP contribution < -0.4 is 5.32 Å². The van der Waals surface area contributed by atoms with Crippen LogP contribution in [-0.2, 0) is 19.1 Å². The molecule has 0 radical (unpaired) electrons. The topological polar surface area (TPSA) is 121 Å². The van der Waals surface area contributed by atoms with Crippen molar-refractivity contribution in [2.24, 2.45) is 11.8 Å². The Morgan fingerprint density at radius 2 is 1.92 bits per heavy atom. The Bertz CT molecular complexity index is 718. The number of imide groups is 1. The summed E-state index contributed by atoms with van der Waals surface area (Å²) in [5.74, 6) is -3.24. The number of nitrogens with zero attached hydrogens (tertiary/aromatic N) is 1. The molecule has 2 saturated heterocycles. The number of amides is 2. The van der Waals surface area contributed by atoms with Crippen molar-refractivity contribution in [1.82, 2.24) is 4.90 Å². The van der Waals surface area contributed by atoms with Crippen LogP contribution in [0.2, 0.25) is 0 Å². The first-order valence-corrected chi connectivity index (χ1v) is 8.10. The molecule has 1 aromatic carbocycles. The van der Waals surface area contributed by atoms with Crippen LogP contribution in [0.25, 0.3) is 0 Å². The monoisotopic (exact) mass is 349 g/mol. The molecule has 1 aromatic rings. The van der Waals surface area contributed by atoms with Crippen LogP contribution in [0.1, 0.15) is 18.5 Å². The second-order valence-electron chi connectivity index (χ2n) is 6.40. The van der Waals surface area contributed by atoms with Crippen LogP contribution in [0.3, 0.4) is 0 Å². The van der Waals surface area contributed by atoms with Crippen LogP contribution >= 0.6 is 0 Å². The van der Waals surface area contributed by atoms with Crippen molar-refractivity contribution < 1.29 is 34.7 Å². The molecule has 2 amide bonds. The summed E-state index contributed by atoms with van der Waals surface area (Å²) in [5, 5.41) is 21.0. The van der Waals surface area contributed by atoms with E-state index in [9.17, 15) is 24.6 Å². The van der Waals surface area contributed by atoms with E-state index in [-0.39, 0.29) is 18.2 Å². The molecule has 0 spiro atoms. The Morgan fingerprint density at radius 3 is 2.44 bits per heavy atom. The minimum atomic E-state index is -1.56.